The molecule has 132 valence electrons. The summed E-state index contributed by atoms with van der Waals surface area (Å²) >= 11 is 0. The van der Waals surface area contributed by atoms with Gasteiger partial charge in [-0.25, -0.2) is 4.98 Å². The Balaban J connectivity index is 1.62. The highest BCUT2D eigenvalue weighted by Gasteiger charge is 2.17. The van der Waals surface area contributed by atoms with E-state index in [0.29, 0.717) is 24.4 Å². The molecule has 0 radical (unpaired) electrons. The van der Waals surface area contributed by atoms with Gasteiger partial charge in [0, 0.05) is 25.2 Å². The molecule has 1 fully saturated rings. The van der Waals surface area contributed by atoms with Gasteiger partial charge in [-0.2, -0.15) is 0 Å². The van der Waals surface area contributed by atoms with Crippen molar-refractivity contribution in [3.8, 4) is 5.88 Å². The number of carbonyl (C=O) groups excluding carboxylic acids is 1. The molecule has 0 aliphatic heterocycles. The average Bonchev–Trinajstić information content (AvgIpc) is 3.07. The maximum atomic E-state index is 12.0. The molecule has 1 saturated carbocycles. The molecule has 0 bridgehead atoms. The molecule has 6 nitrogen and oxygen atoms in total. The SMILES string of the molecule is O=C(O)CCCCCCNC(=O)c1ccc(OC2CCCC2)nc1. The number of rotatable bonds is 10. The maximum absolute atomic E-state index is 12.0. The van der Waals surface area contributed by atoms with Crippen molar-refractivity contribution in [3.63, 3.8) is 0 Å². The van der Waals surface area contributed by atoms with Crippen molar-refractivity contribution in [1.29, 1.82) is 0 Å². The van der Waals surface area contributed by atoms with Crippen molar-refractivity contribution in [3.05, 3.63) is 23.9 Å². The highest BCUT2D eigenvalue weighted by molar-refractivity contribution is 5.93. The van der Waals surface area contributed by atoms with Gasteiger partial charge in [-0.15, -0.1) is 0 Å². The Labute approximate surface area is 142 Å². The van der Waals surface area contributed by atoms with Crippen LogP contribution in [0.25, 0.3) is 0 Å². The molecule has 2 N–H and O–H groups in total. The third-order valence-corrected chi connectivity index (χ3v) is 4.19. The zero-order valence-corrected chi connectivity index (χ0v) is 14.0. The molecular weight excluding hydrogens is 308 g/mol. The standard InChI is InChI=1S/C18H26N2O4/c21-17(22)9-3-1-2-6-12-19-18(23)14-10-11-16(20-13-14)24-15-7-4-5-8-15/h10-11,13,15H,1-9,12H2,(H,19,23)(H,21,22). The summed E-state index contributed by atoms with van der Waals surface area (Å²) in [7, 11) is 0. The Bertz CT molecular complexity index is 524. The number of nitrogens with one attached hydrogen (secondary N) is 1. The van der Waals surface area contributed by atoms with E-state index in [2.05, 4.69) is 10.3 Å². The molecule has 6 heteroatoms. The summed E-state index contributed by atoms with van der Waals surface area (Å²) in [5.74, 6) is -0.312. The van der Waals surface area contributed by atoms with Crippen LogP contribution in [0, 0.1) is 0 Å². The van der Waals surface area contributed by atoms with Crippen LogP contribution in [0.4, 0.5) is 0 Å². The van der Waals surface area contributed by atoms with Gasteiger partial charge < -0.3 is 15.2 Å². The van der Waals surface area contributed by atoms with Crippen LogP contribution in [0.3, 0.4) is 0 Å². The number of nitrogens with zero attached hydrogens (tertiary/aromatic N) is 1. The molecular formula is C18H26N2O4. The molecule has 1 aromatic rings. The third kappa shape index (κ3) is 6.56. The monoisotopic (exact) mass is 334 g/mol. The van der Waals surface area contributed by atoms with E-state index in [1.807, 2.05) is 0 Å². The molecule has 1 aromatic heterocycles. The maximum Gasteiger partial charge on any atom is 0.303 e. The first-order chi connectivity index (χ1) is 11.6. The normalized spacial score (nSPS) is 14.5. The number of aliphatic carboxylic acids is 1. The lowest BCUT2D eigenvalue weighted by molar-refractivity contribution is -0.137. The zero-order chi connectivity index (χ0) is 17.2. The topological polar surface area (TPSA) is 88.5 Å². The van der Waals surface area contributed by atoms with Crippen LogP contribution in [0.5, 0.6) is 5.88 Å². The lowest BCUT2D eigenvalue weighted by atomic mass is 10.1. The number of carbonyl (C=O) groups is 2. The highest BCUT2D eigenvalue weighted by Crippen LogP contribution is 2.22. The summed E-state index contributed by atoms with van der Waals surface area (Å²) in [5, 5.41) is 11.4. The summed E-state index contributed by atoms with van der Waals surface area (Å²) in [6, 6.07) is 3.48. The Morgan fingerprint density at radius 1 is 1.17 bits per heavy atom. The number of unbranched alkanes of at least 4 members (excludes halogenated alkanes) is 3. The minimum Gasteiger partial charge on any atom is -0.481 e. The number of carboxylic acids is 1. The van der Waals surface area contributed by atoms with Crippen LogP contribution >= 0.6 is 0 Å². The summed E-state index contributed by atoms with van der Waals surface area (Å²) < 4.78 is 5.78. The second kappa shape index (κ2) is 9.90. The summed E-state index contributed by atoms with van der Waals surface area (Å²) in [6.07, 6.45) is 9.93. The minimum atomic E-state index is -0.754. The van der Waals surface area contributed by atoms with E-state index in [0.717, 1.165) is 32.1 Å². The van der Waals surface area contributed by atoms with Crippen LogP contribution in [0.2, 0.25) is 0 Å². The largest absolute Gasteiger partial charge is 0.481 e. The van der Waals surface area contributed by atoms with Gasteiger partial charge in [0.25, 0.3) is 5.91 Å². The van der Waals surface area contributed by atoms with Gasteiger partial charge in [0.2, 0.25) is 5.88 Å². The summed E-state index contributed by atoms with van der Waals surface area (Å²) in [6.45, 7) is 0.590. The van der Waals surface area contributed by atoms with Gasteiger partial charge >= 0.3 is 5.97 Å². The van der Waals surface area contributed by atoms with Crippen molar-refractivity contribution in [1.82, 2.24) is 10.3 Å². The average molecular weight is 334 g/mol. The molecule has 0 aromatic carbocycles. The van der Waals surface area contributed by atoms with Gasteiger partial charge in [0.1, 0.15) is 6.10 Å². The van der Waals surface area contributed by atoms with E-state index < -0.39 is 5.97 Å². The van der Waals surface area contributed by atoms with Crippen molar-refractivity contribution in [2.75, 3.05) is 6.54 Å². The Kier molecular flexibility index (Phi) is 7.52. The number of amides is 1. The second-order valence-electron chi connectivity index (χ2n) is 6.22. The summed E-state index contributed by atoms with van der Waals surface area (Å²) in [4.78, 5) is 26.6. The van der Waals surface area contributed by atoms with E-state index in [1.165, 1.54) is 12.8 Å². The number of hydrogen-bond donors (Lipinski definition) is 2. The zero-order valence-electron chi connectivity index (χ0n) is 14.0. The number of pyridine rings is 1. The molecule has 0 atom stereocenters. The first kappa shape index (κ1) is 18.2. The van der Waals surface area contributed by atoms with Crippen molar-refractivity contribution < 1.29 is 19.4 Å². The van der Waals surface area contributed by atoms with Crippen molar-refractivity contribution >= 4 is 11.9 Å². The number of ether oxygens (including phenoxy) is 1. The van der Waals surface area contributed by atoms with Gasteiger partial charge in [-0.05, 0) is 44.6 Å². The van der Waals surface area contributed by atoms with E-state index in [9.17, 15) is 9.59 Å². The Morgan fingerprint density at radius 2 is 1.92 bits per heavy atom. The van der Waals surface area contributed by atoms with E-state index in [1.54, 1.807) is 18.3 Å². The van der Waals surface area contributed by atoms with E-state index >= 15 is 0 Å². The molecule has 24 heavy (non-hydrogen) atoms. The molecule has 1 aliphatic carbocycles. The fourth-order valence-corrected chi connectivity index (χ4v) is 2.82. The van der Waals surface area contributed by atoms with E-state index in [4.69, 9.17) is 9.84 Å². The fourth-order valence-electron chi connectivity index (χ4n) is 2.82. The van der Waals surface area contributed by atoms with Gasteiger partial charge in [-0.1, -0.05) is 12.8 Å². The van der Waals surface area contributed by atoms with Crippen LogP contribution < -0.4 is 10.1 Å². The fraction of sp³-hybridized carbons (Fsp3) is 0.611. The number of aromatic nitrogens is 1. The van der Waals surface area contributed by atoms with Gasteiger partial charge in [0.15, 0.2) is 0 Å². The van der Waals surface area contributed by atoms with Gasteiger partial charge in [-0.3, -0.25) is 9.59 Å². The molecule has 1 amide bonds. The first-order valence-corrected chi connectivity index (χ1v) is 8.78. The molecule has 0 saturated heterocycles. The van der Waals surface area contributed by atoms with E-state index in [-0.39, 0.29) is 18.4 Å². The lowest BCUT2D eigenvalue weighted by Gasteiger charge is -2.12. The van der Waals surface area contributed by atoms with Crippen LogP contribution in [0.15, 0.2) is 18.3 Å². The number of hydrogen-bond acceptors (Lipinski definition) is 4. The molecule has 2 rings (SSSR count). The van der Waals surface area contributed by atoms with Crippen LogP contribution in [0.1, 0.15) is 68.1 Å². The molecule has 0 unspecified atom stereocenters. The highest BCUT2D eigenvalue weighted by atomic mass is 16.5. The lowest BCUT2D eigenvalue weighted by Crippen LogP contribution is -2.24. The molecule has 1 heterocycles. The Hall–Kier alpha value is -2.11. The smallest absolute Gasteiger partial charge is 0.303 e. The summed E-state index contributed by atoms with van der Waals surface area (Å²) in [5.41, 5.74) is 0.527. The predicted molar refractivity (Wildman–Crippen MR) is 90.2 cm³/mol. The first-order valence-electron chi connectivity index (χ1n) is 8.78. The predicted octanol–water partition coefficient (Wildman–Crippen LogP) is 3.17. The van der Waals surface area contributed by atoms with Crippen molar-refractivity contribution in [2.24, 2.45) is 0 Å². The van der Waals surface area contributed by atoms with Crippen molar-refractivity contribution in [2.45, 2.75) is 63.9 Å². The minimum absolute atomic E-state index is 0.138. The third-order valence-electron chi connectivity index (χ3n) is 4.19. The van der Waals surface area contributed by atoms with Gasteiger partial charge in [0.05, 0.1) is 5.56 Å². The molecule has 1 aliphatic rings. The number of carboxylic acid groups (broad SMARTS) is 1. The van der Waals surface area contributed by atoms with Crippen LogP contribution in [-0.2, 0) is 4.79 Å². The Morgan fingerprint density at radius 3 is 2.58 bits per heavy atom. The quantitative estimate of drug-likeness (QED) is 0.642. The second-order valence-corrected chi connectivity index (χ2v) is 6.22. The van der Waals surface area contributed by atoms with Crippen LogP contribution in [-0.4, -0.2) is 34.6 Å². The molecule has 0 spiro atoms.